The summed E-state index contributed by atoms with van der Waals surface area (Å²) in [6, 6.07) is 11.2. The standard InChI is InChI=1S/C16H9F3N6O2/c17-16(18,19)27-13-7-5-12(6-8-13)25-9-21-14(23-25)10-1-3-11(4-2-10)15(26)22-24-20/h1-9H. The Bertz CT molecular complexity index is 1010. The molecular formula is C16H9F3N6O2. The molecule has 8 nitrogen and oxygen atoms in total. The molecule has 0 spiro atoms. The Hall–Kier alpha value is -3.85. The Morgan fingerprint density at radius 1 is 1.11 bits per heavy atom. The smallest absolute Gasteiger partial charge is 0.406 e. The minimum atomic E-state index is -4.76. The van der Waals surface area contributed by atoms with Crippen LogP contribution < -0.4 is 4.74 Å². The summed E-state index contributed by atoms with van der Waals surface area (Å²) in [7, 11) is 0. The fraction of sp³-hybridized carbons (Fsp3) is 0.0625. The average Bonchev–Trinajstić information content (AvgIpc) is 3.11. The van der Waals surface area contributed by atoms with Gasteiger partial charge in [0.2, 0.25) is 5.91 Å². The van der Waals surface area contributed by atoms with E-state index in [2.05, 4.69) is 24.8 Å². The zero-order chi connectivity index (χ0) is 19.4. The third-order valence-electron chi connectivity index (χ3n) is 3.35. The van der Waals surface area contributed by atoms with Crippen molar-refractivity contribution in [3.8, 4) is 22.8 Å². The van der Waals surface area contributed by atoms with E-state index >= 15 is 0 Å². The van der Waals surface area contributed by atoms with Crippen molar-refractivity contribution >= 4 is 5.91 Å². The largest absolute Gasteiger partial charge is 0.573 e. The lowest BCUT2D eigenvalue weighted by molar-refractivity contribution is -0.274. The van der Waals surface area contributed by atoms with Crippen molar-refractivity contribution in [1.82, 2.24) is 14.8 Å². The highest BCUT2D eigenvalue weighted by molar-refractivity contribution is 5.95. The van der Waals surface area contributed by atoms with Crippen LogP contribution in [-0.4, -0.2) is 27.0 Å². The number of alkyl halides is 3. The molecule has 0 aliphatic rings. The van der Waals surface area contributed by atoms with Gasteiger partial charge in [0.1, 0.15) is 12.1 Å². The molecule has 136 valence electrons. The predicted octanol–water partition coefficient (Wildman–Crippen LogP) is 4.28. The minimum absolute atomic E-state index is 0.219. The highest BCUT2D eigenvalue weighted by atomic mass is 19.4. The van der Waals surface area contributed by atoms with Crippen LogP contribution in [0.15, 0.2) is 60.0 Å². The SMILES string of the molecule is [N-]=[N+]=NC(=O)c1ccc(-c2ncn(-c3ccc(OC(F)(F)F)cc3)n2)cc1. The van der Waals surface area contributed by atoms with E-state index in [1.165, 1.54) is 47.4 Å². The second-order valence-corrected chi connectivity index (χ2v) is 5.13. The molecule has 0 aliphatic carbocycles. The molecule has 0 aliphatic heterocycles. The first kappa shape index (κ1) is 18.0. The summed E-state index contributed by atoms with van der Waals surface area (Å²) in [5, 5.41) is 7.24. The maximum Gasteiger partial charge on any atom is 0.573 e. The molecule has 0 N–H and O–H groups in total. The van der Waals surface area contributed by atoms with E-state index in [1.54, 1.807) is 12.1 Å². The number of azide groups is 1. The molecule has 0 unspecified atom stereocenters. The van der Waals surface area contributed by atoms with Crippen LogP contribution in [0.3, 0.4) is 0 Å². The highest BCUT2D eigenvalue weighted by Crippen LogP contribution is 2.24. The number of carbonyl (C=O) groups excluding carboxylic acids is 1. The molecule has 3 rings (SSSR count). The van der Waals surface area contributed by atoms with Crippen LogP contribution in [0.4, 0.5) is 13.2 Å². The Labute approximate surface area is 149 Å². The summed E-state index contributed by atoms with van der Waals surface area (Å²) in [6.07, 6.45) is -3.36. The van der Waals surface area contributed by atoms with Crippen LogP contribution in [-0.2, 0) is 0 Å². The second-order valence-electron chi connectivity index (χ2n) is 5.13. The molecule has 0 saturated heterocycles. The van der Waals surface area contributed by atoms with E-state index in [1.807, 2.05) is 0 Å². The van der Waals surface area contributed by atoms with Crippen LogP contribution in [0.5, 0.6) is 5.75 Å². The third kappa shape index (κ3) is 4.41. The first-order valence-corrected chi connectivity index (χ1v) is 7.33. The molecule has 0 atom stereocenters. The van der Waals surface area contributed by atoms with Gasteiger partial charge in [-0.1, -0.05) is 24.3 Å². The van der Waals surface area contributed by atoms with Gasteiger partial charge < -0.3 is 4.74 Å². The third-order valence-corrected chi connectivity index (χ3v) is 3.35. The van der Waals surface area contributed by atoms with Gasteiger partial charge in [0.15, 0.2) is 5.82 Å². The van der Waals surface area contributed by atoms with Gasteiger partial charge in [-0.2, -0.15) is 0 Å². The number of nitrogens with zero attached hydrogens (tertiary/aromatic N) is 6. The quantitative estimate of drug-likeness (QED) is 0.386. The molecule has 1 aromatic heterocycles. The van der Waals surface area contributed by atoms with Gasteiger partial charge in [-0.3, -0.25) is 4.79 Å². The Morgan fingerprint density at radius 2 is 1.78 bits per heavy atom. The van der Waals surface area contributed by atoms with Crippen LogP contribution in [0, 0.1) is 0 Å². The molecule has 1 amide bonds. The fourth-order valence-corrected chi connectivity index (χ4v) is 2.18. The molecular weight excluding hydrogens is 365 g/mol. The lowest BCUT2D eigenvalue weighted by atomic mass is 10.1. The fourth-order valence-electron chi connectivity index (χ4n) is 2.18. The van der Waals surface area contributed by atoms with Crippen molar-refractivity contribution in [3.05, 3.63) is 70.9 Å². The van der Waals surface area contributed by atoms with Crippen molar-refractivity contribution in [2.45, 2.75) is 6.36 Å². The number of carbonyl (C=O) groups is 1. The summed E-state index contributed by atoms with van der Waals surface area (Å²) in [6.45, 7) is 0. The molecule has 0 fully saturated rings. The van der Waals surface area contributed by atoms with Crippen LogP contribution in [0.2, 0.25) is 0 Å². The molecule has 2 aromatic carbocycles. The summed E-state index contributed by atoms with van der Waals surface area (Å²) in [5.74, 6) is -0.705. The van der Waals surface area contributed by atoms with E-state index < -0.39 is 12.3 Å². The van der Waals surface area contributed by atoms with Gasteiger partial charge in [-0.15, -0.1) is 18.3 Å². The van der Waals surface area contributed by atoms with Crippen LogP contribution in [0.25, 0.3) is 27.5 Å². The Morgan fingerprint density at radius 3 is 2.37 bits per heavy atom. The summed E-state index contributed by atoms with van der Waals surface area (Å²) < 4.78 is 41.7. The maximum atomic E-state index is 12.2. The van der Waals surface area contributed by atoms with Crippen molar-refractivity contribution in [3.63, 3.8) is 0 Å². The van der Waals surface area contributed by atoms with E-state index in [0.717, 1.165) is 0 Å². The Balaban J connectivity index is 1.78. The second kappa shape index (κ2) is 7.18. The van der Waals surface area contributed by atoms with Gasteiger partial charge in [0.25, 0.3) is 0 Å². The molecule has 27 heavy (non-hydrogen) atoms. The summed E-state index contributed by atoms with van der Waals surface area (Å²) >= 11 is 0. The normalized spacial score (nSPS) is 10.9. The monoisotopic (exact) mass is 374 g/mol. The number of amides is 1. The van der Waals surface area contributed by atoms with Gasteiger partial charge in [0, 0.05) is 16.0 Å². The number of rotatable bonds is 4. The number of halogens is 3. The van der Waals surface area contributed by atoms with Crippen LogP contribution in [0.1, 0.15) is 10.4 Å². The zero-order valence-corrected chi connectivity index (χ0v) is 13.3. The van der Waals surface area contributed by atoms with E-state index in [9.17, 15) is 18.0 Å². The lowest BCUT2D eigenvalue weighted by Crippen LogP contribution is -2.17. The topological polar surface area (TPSA) is 106 Å². The van der Waals surface area contributed by atoms with E-state index in [4.69, 9.17) is 5.53 Å². The number of hydrogen-bond acceptors (Lipinski definition) is 4. The van der Waals surface area contributed by atoms with Gasteiger partial charge >= 0.3 is 6.36 Å². The van der Waals surface area contributed by atoms with Gasteiger partial charge in [-0.25, -0.2) is 9.67 Å². The first-order valence-electron chi connectivity index (χ1n) is 7.33. The number of benzene rings is 2. The molecule has 3 aromatic rings. The first-order chi connectivity index (χ1) is 12.9. The minimum Gasteiger partial charge on any atom is -0.406 e. The number of hydrogen-bond donors (Lipinski definition) is 0. The van der Waals surface area contributed by atoms with E-state index in [-0.39, 0.29) is 11.3 Å². The van der Waals surface area contributed by atoms with Gasteiger partial charge in [-0.05, 0) is 34.9 Å². The van der Waals surface area contributed by atoms with Crippen molar-refractivity contribution < 1.29 is 22.7 Å². The lowest BCUT2D eigenvalue weighted by Gasteiger charge is -2.09. The van der Waals surface area contributed by atoms with Gasteiger partial charge in [0.05, 0.1) is 5.69 Å². The highest BCUT2D eigenvalue weighted by Gasteiger charge is 2.30. The Kier molecular flexibility index (Phi) is 4.77. The summed E-state index contributed by atoms with van der Waals surface area (Å²) in [4.78, 5) is 18.0. The number of aromatic nitrogens is 3. The van der Waals surface area contributed by atoms with Crippen molar-refractivity contribution in [2.24, 2.45) is 5.11 Å². The average molecular weight is 374 g/mol. The molecule has 0 bridgehead atoms. The van der Waals surface area contributed by atoms with Crippen molar-refractivity contribution in [1.29, 1.82) is 0 Å². The van der Waals surface area contributed by atoms with Crippen molar-refractivity contribution in [2.75, 3.05) is 0 Å². The van der Waals surface area contributed by atoms with E-state index in [0.29, 0.717) is 17.1 Å². The number of ether oxygens (including phenoxy) is 1. The molecule has 0 saturated carbocycles. The van der Waals surface area contributed by atoms with Crippen LogP contribution >= 0.6 is 0 Å². The predicted molar refractivity (Wildman–Crippen MR) is 87.0 cm³/mol. The summed E-state index contributed by atoms with van der Waals surface area (Å²) in [5.41, 5.74) is 9.57. The maximum absolute atomic E-state index is 12.2. The molecule has 1 heterocycles. The molecule has 0 radical (unpaired) electrons. The zero-order valence-electron chi connectivity index (χ0n) is 13.3. The molecule has 11 heteroatoms.